The molecule has 7 heteroatoms. The molecule has 0 spiro atoms. The van der Waals surface area contributed by atoms with Gasteiger partial charge in [0.25, 0.3) is 10.0 Å². The smallest absolute Gasteiger partial charge is 0.255 e. The van der Waals surface area contributed by atoms with E-state index in [2.05, 4.69) is 14.7 Å². The Morgan fingerprint density at radius 2 is 2.00 bits per heavy atom. The Morgan fingerprint density at radius 1 is 1.20 bits per heavy atom. The van der Waals surface area contributed by atoms with Gasteiger partial charge < -0.3 is 0 Å². The second-order valence-electron chi connectivity index (χ2n) is 4.23. The number of thiazole rings is 1. The molecule has 0 amide bonds. The molecule has 3 rings (SSSR count). The van der Waals surface area contributed by atoms with Gasteiger partial charge in [-0.25, -0.2) is 13.4 Å². The van der Waals surface area contributed by atoms with E-state index in [1.165, 1.54) is 17.4 Å². The van der Waals surface area contributed by atoms with Crippen LogP contribution in [-0.4, -0.2) is 18.4 Å². The summed E-state index contributed by atoms with van der Waals surface area (Å²) < 4.78 is 27.4. The number of para-hydroxylation sites is 1. The number of anilines is 1. The average Bonchev–Trinajstić information content (AvgIpc) is 2.82. The van der Waals surface area contributed by atoms with Crippen molar-refractivity contribution in [1.82, 2.24) is 9.97 Å². The molecule has 0 radical (unpaired) electrons. The molecule has 2 aromatic heterocycles. The van der Waals surface area contributed by atoms with E-state index >= 15 is 0 Å². The average molecular weight is 305 g/mol. The van der Waals surface area contributed by atoms with Crippen molar-refractivity contribution in [2.75, 3.05) is 4.72 Å². The third-order valence-electron chi connectivity index (χ3n) is 2.73. The van der Waals surface area contributed by atoms with E-state index in [0.29, 0.717) is 10.6 Å². The highest BCUT2D eigenvalue weighted by molar-refractivity contribution is 7.93. The first-order valence-corrected chi connectivity index (χ1v) is 8.21. The molecule has 1 N–H and O–H groups in total. The third-order valence-corrected chi connectivity index (χ3v) is 5.10. The molecule has 0 bridgehead atoms. The summed E-state index contributed by atoms with van der Waals surface area (Å²) >= 11 is 1.25. The number of benzene rings is 1. The van der Waals surface area contributed by atoms with E-state index in [0.717, 1.165) is 11.1 Å². The van der Waals surface area contributed by atoms with E-state index < -0.39 is 10.0 Å². The lowest BCUT2D eigenvalue weighted by Gasteiger charge is -2.07. The second-order valence-corrected chi connectivity index (χ2v) is 6.74. The number of hydrogen-bond acceptors (Lipinski definition) is 5. The summed E-state index contributed by atoms with van der Waals surface area (Å²) in [5.74, 6) is 0. The van der Waals surface area contributed by atoms with Crippen LogP contribution >= 0.6 is 11.3 Å². The van der Waals surface area contributed by atoms with E-state index in [1.807, 2.05) is 19.1 Å². The van der Waals surface area contributed by atoms with E-state index in [-0.39, 0.29) is 4.90 Å². The Bertz CT molecular complexity index is 867. The maximum absolute atomic E-state index is 12.4. The number of aryl methyl sites for hydroxylation is 1. The topological polar surface area (TPSA) is 72.0 Å². The van der Waals surface area contributed by atoms with Gasteiger partial charge in [-0.1, -0.05) is 18.2 Å². The zero-order valence-electron chi connectivity index (χ0n) is 10.6. The highest BCUT2D eigenvalue weighted by Gasteiger charge is 2.19. The van der Waals surface area contributed by atoms with Crippen molar-refractivity contribution in [2.45, 2.75) is 11.8 Å². The van der Waals surface area contributed by atoms with Crippen LogP contribution in [0.2, 0.25) is 0 Å². The summed E-state index contributed by atoms with van der Waals surface area (Å²) in [6.45, 7) is 1.81. The molecule has 0 aliphatic carbocycles. The number of rotatable bonds is 3. The first-order valence-electron chi connectivity index (χ1n) is 5.85. The molecule has 3 aromatic rings. The Labute approximate surface area is 120 Å². The van der Waals surface area contributed by atoms with Crippen LogP contribution in [0.15, 0.2) is 46.8 Å². The van der Waals surface area contributed by atoms with Crippen molar-refractivity contribution in [3.63, 3.8) is 0 Å². The zero-order chi connectivity index (χ0) is 14.2. The molecule has 0 saturated carbocycles. The van der Waals surface area contributed by atoms with Gasteiger partial charge in [-0.2, -0.15) is 0 Å². The van der Waals surface area contributed by atoms with Gasteiger partial charge >= 0.3 is 0 Å². The van der Waals surface area contributed by atoms with Crippen molar-refractivity contribution >= 4 is 37.4 Å². The van der Waals surface area contributed by atoms with E-state index in [4.69, 9.17) is 0 Å². The van der Waals surface area contributed by atoms with Crippen LogP contribution in [0.25, 0.3) is 10.9 Å². The molecule has 2 heterocycles. The molecule has 0 saturated heterocycles. The predicted molar refractivity (Wildman–Crippen MR) is 79.4 cm³/mol. The first kappa shape index (κ1) is 13.0. The second kappa shape index (κ2) is 4.84. The Hall–Kier alpha value is -1.99. The van der Waals surface area contributed by atoms with Gasteiger partial charge in [0.1, 0.15) is 4.90 Å². The fourth-order valence-corrected chi connectivity index (χ4v) is 3.99. The fourth-order valence-electron chi connectivity index (χ4n) is 1.86. The molecule has 102 valence electrons. The molecule has 0 aliphatic heterocycles. The SMILES string of the molecule is Cc1csc(NS(=O)(=O)c2cccc3cccnc23)n1. The Balaban J connectivity index is 2.09. The minimum Gasteiger partial charge on any atom is -0.255 e. The standard InChI is InChI=1S/C13H11N3O2S2/c1-9-8-19-13(15-9)16-20(17,18)11-6-2-4-10-5-3-7-14-12(10)11/h2-8H,1H3,(H,15,16). The molecule has 0 unspecified atom stereocenters. The van der Waals surface area contributed by atoms with Crippen LogP contribution in [0.1, 0.15) is 5.69 Å². The van der Waals surface area contributed by atoms with Crippen LogP contribution < -0.4 is 4.72 Å². The van der Waals surface area contributed by atoms with Crippen LogP contribution in [0.3, 0.4) is 0 Å². The molecule has 1 aromatic carbocycles. The van der Waals surface area contributed by atoms with Gasteiger partial charge in [0.05, 0.1) is 11.2 Å². The highest BCUT2D eigenvalue weighted by atomic mass is 32.2. The van der Waals surface area contributed by atoms with Crippen molar-refractivity contribution < 1.29 is 8.42 Å². The summed E-state index contributed by atoms with van der Waals surface area (Å²) in [6, 6.07) is 8.67. The molecule has 20 heavy (non-hydrogen) atoms. The minimum atomic E-state index is -3.69. The number of fused-ring (bicyclic) bond motifs is 1. The lowest BCUT2D eigenvalue weighted by atomic mass is 10.2. The monoisotopic (exact) mass is 305 g/mol. The fraction of sp³-hybridized carbons (Fsp3) is 0.0769. The molecule has 0 atom stereocenters. The van der Waals surface area contributed by atoms with E-state index in [9.17, 15) is 8.42 Å². The van der Waals surface area contributed by atoms with Crippen LogP contribution in [-0.2, 0) is 10.0 Å². The molecule has 5 nitrogen and oxygen atoms in total. The van der Waals surface area contributed by atoms with Crippen molar-refractivity contribution in [3.05, 3.63) is 47.6 Å². The Morgan fingerprint density at radius 3 is 2.75 bits per heavy atom. The molecular formula is C13H11N3O2S2. The summed E-state index contributed by atoms with van der Waals surface area (Å²) in [4.78, 5) is 8.42. The lowest BCUT2D eigenvalue weighted by molar-refractivity contribution is 0.602. The zero-order valence-corrected chi connectivity index (χ0v) is 12.2. The largest absolute Gasteiger partial charge is 0.265 e. The van der Waals surface area contributed by atoms with Gasteiger partial charge in [0.2, 0.25) is 0 Å². The Kier molecular flexibility index (Phi) is 3.15. The number of aromatic nitrogens is 2. The third kappa shape index (κ3) is 2.37. The first-order chi connectivity index (χ1) is 9.56. The van der Waals surface area contributed by atoms with E-state index in [1.54, 1.807) is 23.7 Å². The molecule has 0 aliphatic rings. The van der Waals surface area contributed by atoms with Crippen LogP contribution in [0.5, 0.6) is 0 Å². The van der Waals surface area contributed by atoms with Gasteiger partial charge in [0, 0.05) is 17.0 Å². The summed E-state index contributed by atoms with van der Waals surface area (Å²) in [5.41, 5.74) is 1.24. The number of nitrogens with one attached hydrogen (secondary N) is 1. The van der Waals surface area contributed by atoms with Gasteiger partial charge in [-0.15, -0.1) is 11.3 Å². The normalized spacial score (nSPS) is 11.7. The number of pyridine rings is 1. The maximum Gasteiger partial charge on any atom is 0.265 e. The van der Waals surface area contributed by atoms with Gasteiger partial charge in [-0.3, -0.25) is 9.71 Å². The minimum absolute atomic E-state index is 0.156. The van der Waals surface area contributed by atoms with Crippen molar-refractivity contribution in [3.8, 4) is 0 Å². The predicted octanol–water partition coefficient (Wildman–Crippen LogP) is 2.80. The molecular weight excluding hydrogens is 294 g/mol. The highest BCUT2D eigenvalue weighted by Crippen LogP contribution is 2.24. The maximum atomic E-state index is 12.4. The number of sulfonamides is 1. The van der Waals surface area contributed by atoms with Crippen LogP contribution in [0, 0.1) is 6.92 Å². The van der Waals surface area contributed by atoms with Crippen molar-refractivity contribution in [2.24, 2.45) is 0 Å². The summed E-state index contributed by atoms with van der Waals surface area (Å²) in [5, 5.41) is 2.93. The summed E-state index contributed by atoms with van der Waals surface area (Å²) in [7, 11) is -3.69. The van der Waals surface area contributed by atoms with Gasteiger partial charge in [0.15, 0.2) is 5.13 Å². The summed E-state index contributed by atoms with van der Waals surface area (Å²) in [6.07, 6.45) is 1.58. The number of nitrogens with zero attached hydrogens (tertiary/aromatic N) is 2. The van der Waals surface area contributed by atoms with Crippen LogP contribution in [0.4, 0.5) is 5.13 Å². The quantitative estimate of drug-likeness (QED) is 0.807. The molecule has 0 fully saturated rings. The van der Waals surface area contributed by atoms with Crippen molar-refractivity contribution in [1.29, 1.82) is 0 Å². The lowest BCUT2D eigenvalue weighted by Crippen LogP contribution is -2.13. The van der Waals surface area contributed by atoms with Gasteiger partial charge in [-0.05, 0) is 19.1 Å². The number of hydrogen-bond donors (Lipinski definition) is 1.